The summed E-state index contributed by atoms with van der Waals surface area (Å²) in [5, 5.41) is 3.13. The molecule has 3 heteroatoms. The summed E-state index contributed by atoms with van der Waals surface area (Å²) in [7, 11) is 1.73. The zero-order chi connectivity index (χ0) is 9.84. The molecule has 1 unspecified atom stereocenters. The van der Waals surface area contributed by atoms with Crippen molar-refractivity contribution >= 4 is 5.69 Å². The predicted octanol–water partition coefficient (Wildman–Crippen LogP) is 1.37. The minimum atomic E-state index is -0.0127. The molecule has 0 fully saturated rings. The lowest BCUT2D eigenvalue weighted by molar-refractivity contribution is 0.858. The Morgan fingerprint density at radius 3 is 2.92 bits per heavy atom. The first kappa shape index (κ1) is 9.58. The Kier molecular flexibility index (Phi) is 2.90. The van der Waals surface area contributed by atoms with Crippen LogP contribution in [0.3, 0.4) is 0 Å². The van der Waals surface area contributed by atoms with Gasteiger partial charge in [0.25, 0.3) is 5.56 Å². The van der Waals surface area contributed by atoms with Crippen LogP contribution in [0.5, 0.6) is 0 Å². The first-order valence-corrected chi connectivity index (χ1v) is 4.19. The van der Waals surface area contributed by atoms with Crippen LogP contribution in [0.4, 0.5) is 5.69 Å². The van der Waals surface area contributed by atoms with Gasteiger partial charge in [0.15, 0.2) is 0 Å². The average molecular weight is 178 g/mol. The average Bonchev–Trinajstić information content (AvgIpc) is 2.11. The van der Waals surface area contributed by atoms with Crippen LogP contribution >= 0.6 is 0 Å². The van der Waals surface area contributed by atoms with Gasteiger partial charge in [-0.1, -0.05) is 6.08 Å². The van der Waals surface area contributed by atoms with Crippen LogP contribution < -0.4 is 10.9 Å². The van der Waals surface area contributed by atoms with Crippen LogP contribution in [-0.4, -0.2) is 10.6 Å². The topological polar surface area (TPSA) is 34.0 Å². The summed E-state index contributed by atoms with van der Waals surface area (Å²) >= 11 is 0. The molecule has 0 amide bonds. The maximum absolute atomic E-state index is 11.2. The highest BCUT2D eigenvalue weighted by Crippen LogP contribution is 2.03. The molecule has 0 bridgehead atoms. The molecule has 0 spiro atoms. The van der Waals surface area contributed by atoms with Crippen molar-refractivity contribution in [3.8, 4) is 0 Å². The molecule has 0 aliphatic rings. The molecule has 13 heavy (non-hydrogen) atoms. The Morgan fingerprint density at radius 1 is 1.69 bits per heavy atom. The second kappa shape index (κ2) is 3.94. The highest BCUT2D eigenvalue weighted by Gasteiger charge is 1.97. The third kappa shape index (κ3) is 2.47. The van der Waals surface area contributed by atoms with E-state index in [9.17, 15) is 4.79 Å². The first-order valence-electron chi connectivity index (χ1n) is 4.19. The molecular formula is C10H14N2O. The van der Waals surface area contributed by atoms with Gasteiger partial charge >= 0.3 is 0 Å². The number of aryl methyl sites for hydroxylation is 1. The van der Waals surface area contributed by atoms with Crippen molar-refractivity contribution in [3.63, 3.8) is 0 Å². The van der Waals surface area contributed by atoms with Crippen LogP contribution in [0.2, 0.25) is 0 Å². The van der Waals surface area contributed by atoms with Gasteiger partial charge in [0.2, 0.25) is 0 Å². The molecule has 1 aromatic heterocycles. The highest BCUT2D eigenvalue weighted by atomic mass is 16.1. The van der Waals surface area contributed by atoms with Crippen molar-refractivity contribution in [2.75, 3.05) is 5.32 Å². The summed E-state index contributed by atoms with van der Waals surface area (Å²) in [6.07, 6.45) is 3.53. The SMILES string of the molecule is C=CC(C)Nc1ccn(C)c(=O)c1. The maximum Gasteiger partial charge on any atom is 0.252 e. The number of hydrogen-bond donors (Lipinski definition) is 1. The quantitative estimate of drug-likeness (QED) is 0.709. The minimum Gasteiger partial charge on any atom is -0.379 e. The van der Waals surface area contributed by atoms with Crippen LogP contribution in [-0.2, 0) is 7.05 Å². The Hall–Kier alpha value is -1.51. The molecule has 1 rings (SSSR count). The van der Waals surface area contributed by atoms with Gasteiger partial charge in [0.05, 0.1) is 0 Å². The van der Waals surface area contributed by atoms with Gasteiger partial charge in [0, 0.05) is 31.0 Å². The van der Waals surface area contributed by atoms with Crippen molar-refractivity contribution in [3.05, 3.63) is 41.3 Å². The number of rotatable bonds is 3. The van der Waals surface area contributed by atoms with Gasteiger partial charge in [-0.3, -0.25) is 4.79 Å². The molecule has 0 aromatic carbocycles. The highest BCUT2D eigenvalue weighted by molar-refractivity contribution is 5.42. The Morgan fingerprint density at radius 2 is 2.38 bits per heavy atom. The molecule has 0 aliphatic heterocycles. The summed E-state index contributed by atoms with van der Waals surface area (Å²) in [6, 6.07) is 3.61. The molecule has 0 aliphatic carbocycles. The van der Waals surface area contributed by atoms with E-state index in [0.29, 0.717) is 0 Å². The smallest absolute Gasteiger partial charge is 0.252 e. The molecule has 1 heterocycles. The minimum absolute atomic E-state index is 0.0127. The van der Waals surface area contributed by atoms with E-state index in [1.807, 2.05) is 13.0 Å². The van der Waals surface area contributed by atoms with Gasteiger partial charge in [-0.05, 0) is 13.0 Å². The Balaban J connectivity index is 2.85. The number of pyridine rings is 1. The van der Waals surface area contributed by atoms with Crippen molar-refractivity contribution < 1.29 is 0 Å². The molecule has 1 N–H and O–H groups in total. The van der Waals surface area contributed by atoms with Crippen molar-refractivity contribution in [2.45, 2.75) is 13.0 Å². The number of hydrogen-bond acceptors (Lipinski definition) is 2. The lowest BCUT2D eigenvalue weighted by atomic mass is 10.3. The lowest BCUT2D eigenvalue weighted by Crippen LogP contribution is -2.18. The van der Waals surface area contributed by atoms with Gasteiger partial charge in [-0.2, -0.15) is 0 Å². The van der Waals surface area contributed by atoms with Crippen LogP contribution in [0.1, 0.15) is 6.92 Å². The summed E-state index contributed by atoms with van der Waals surface area (Å²) in [5.74, 6) is 0. The summed E-state index contributed by atoms with van der Waals surface area (Å²) in [4.78, 5) is 11.2. The lowest BCUT2D eigenvalue weighted by Gasteiger charge is -2.10. The number of nitrogens with zero attached hydrogens (tertiary/aromatic N) is 1. The van der Waals surface area contributed by atoms with Gasteiger partial charge in [0.1, 0.15) is 0 Å². The van der Waals surface area contributed by atoms with Crippen molar-refractivity contribution in [1.82, 2.24) is 4.57 Å². The fourth-order valence-corrected chi connectivity index (χ4v) is 0.960. The predicted molar refractivity (Wildman–Crippen MR) is 55.0 cm³/mol. The number of anilines is 1. The Labute approximate surface area is 77.7 Å². The van der Waals surface area contributed by atoms with E-state index < -0.39 is 0 Å². The van der Waals surface area contributed by atoms with Crippen molar-refractivity contribution in [1.29, 1.82) is 0 Å². The fraction of sp³-hybridized carbons (Fsp3) is 0.300. The summed E-state index contributed by atoms with van der Waals surface area (Å²) in [6.45, 7) is 5.63. The van der Waals surface area contributed by atoms with Crippen LogP contribution in [0.15, 0.2) is 35.8 Å². The molecule has 1 atom stereocenters. The largest absolute Gasteiger partial charge is 0.379 e. The van der Waals surface area contributed by atoms with E-state index in [1.54, 1.807) is 25.4 Å². The summed E-state index contributed by atoms with van der Waals surface area (Å²) in [5.41, 5.74) is 0.816. The third-order valence-electron chi connectivity index (χ3n) is 1.85. The van der Waals surface area contributed by atoms with Crippen LogP contribution in [0.25, 0.3) is 0 Å². The first-order chi connectivity index (χ1) is 6.13. The van der Waals surface area contributed by atoms with E-state index in [2.05, 4.69) is 11.9 Å². The zero-order valence-corrected chi connectivity index (χ0v) is 7.95. The molecule has 0 saturated heterocycles. The van der Waals surface area contributed by atoms with E-state index in [0.717, 1.165) is 5.69 Å². The molecule has 70 valence electrons. The molecule has 1 aromatic rings. The second-order valence-electron chi connectivity index (χ2n) is 3.03. The number of aromatic nitrogens is 1. The van der Waals surface area contributed by atoms with Crippen molar-refractivity contribution in [2.24, 2.45) is 7.05 Å². The molecule has 0 radical (unpaired) electrons. The van der Waals surface area contributed by atoms with E-state index in [-0.39, 0.29) is 11.6 Å². The molecule has 3 nitrogen and oxygen atoms in total. The van der Waals surface area contributed by atoms with Gasteiger partial charge < -0.3 is 9.88 Å². The van der Waals surface area contributed by atoms with Gasteiger partial charge in [-0.15, -0.1) is 6.58 Å². The molecule has 0 saturated carbocycles. The third-order valence-corrected chi connectivity index (χ3v) is 1.85. The normalized spacial score (nSPS) is 12.2. The fourth-order valence-electron chi connectivity index (χ4n) is 0.960. The van der Waals surface area contributed by atoms with Crippen LogP contribution in [0, 0.1) is 0 Å². The molecular weight excluding hydrogens is 164 g/mol. The zero-order valence-electron chi connectivity index (χ0n) is 7.95. The standard InChI is InChI=1S/C10H14N2O/c1-4-8(2)11-9-5-6-12(3)10(13)7-9/h4-8,11H,1H2,2-3H3. The van der Waals surface area contributed by atoms with Gasteiger partial charge in [-0.25, -0.2) is 0 Å². The number of nitrogens with one attached hydrogen (secondary N) is 1. The monoisotopic (exact) mass is 178 g/mol. The second-order valence-corrected chi connectivity index (χ2v) is 3.03. The summed E-state index contributed by atoms with van der Waals surface area (Å²) < 4.78 is 1.53. The van der Waals surface area contributed by atoms with E-state index in [4.69, 9.17) is 0 Å². The maximum atomic E-state index is 11.2. The Bertz CT molecular complexity index is 354. The van der Waals surface area contributed by atoms with E-state index >= 15 is 0 Å². The van der Waals surface area contributed by atoms with E-state index in [1.165, 1.54) is 4.57 Å².